The van der Waals surface area contributed by atoms with E-state index in [1.54, 1.807) is 26.0 Å². The lowest BCUT2D eigenvalue weighted by atomic mass is 10.1. The van der Waals surface area contributed by atoms with Crippen LogP contribution in [0.1, 0.15) is 21.6 Å². The first-order valence-electron chi connectivity index (χ1n) is 13.0. The third-order valence-electron chi connectivity index (χ3n) is 7.19. The fourth-order valence-electron chi connectivity index (χ4n) is 5.11. The van der Waals surface area contributed by atoms with Crippen LogP contribution in [0.15, 0.2) is 66.7 Å². The van der Waals surface area contributed by atoms with Gasteiger partial charge in [-0.1, -0.05) is 29.8 Å². The van der Waals surface area contributed by atoms with Crippen molar-refractivity contribution >= 4 is 11.6 Å². The molecule has 4 aromatic rings. The highest BCUT2D eigenvalue weighted by Crippen LogP contribution is 2.34. The summed E-state index contributed by atoms with van der Waals surface area (Å²) in [7, 11) is 4.92. The van der Waals surface area contributed by atoms with Crippen molar-refractivity contribution in [1.29, 1.82) is 0 Å². The highest BCUT2D eigenvalue weighted by Gasteiger charge is 2.28. The molecule has 8 nitrogen and oxygen atoms in total. The number of anilines is 1. The van der Waals surface area contributed by atoms with Gasteiger partial charge >= 0.3 is 0 Å². The third-order valence-corrected chi connectivity index (χ3v) is 7.19. The number of hydrogen-bond acceptors (Lipinski definition) is 6. The van der Waals surface area contributed by atoms with E-state index in [4.69, 9.17) is 19.3 Å². The van der Waals surface area contributed by atoms with Crippen LogP contribution in [0.4, 0.5) is 5.69 Å². The summed E-state index contributed by atoms with van der Waals surface area (Å²) in [5, 5.41) is 4.93. The summed E-state index contributed by atoms with van der Waals surface area (Å²) in [4.78, 5) is 18.2. The fraction of sp³-hybridized carbons (Fsp3) is 0.290. The van der Waals surface area contributed by atoms with Crippen molar-refractivity contribution in [3.63, 3.8) is 0 Å². The summed E-state index contributed by atoms with van der Waals surface area (Å²) < 4.78 is 18.3. The zero-order valence-corrected chi connectivity index (χ0v) is 23.1. The van der Waals surface area contributed by atoms with Gasteiger partial charge in [-0.3, -0.25) is 4.79 Å². The molecule has 8 heteroatoms. The van der Waals surface area contributed by atoms with Crippen LogP contribution in [-0.4, -0.2) is 68.1 Å². The molecule has 3 aromatic carbocycles. The number of carbonyl (C=O) groups is 1. The number of ether oxygens (including phenoxy) is 3. The molecule has 1 aliphatic rings. The third kappa shape index (κ3) is 5.14. The molecule has 1 amide bonds. The molecule has 0 unspecified atom stereocenters. The predicted molar refractivity (Wildman–Crippen MR) is 153 cm³/mol. The Balaban J connectivity index is 1.49. The average molecular weight is 527 g/mol. The van der Waals surface area contributed by atoms with E-state index >= 15 is 0 Å². The minimum atomic E-state index is -0.0547. The van der Waals surface area contributed by atoms with Gasteiger partial charge in [-0.15, -0.1) is 0 Å². The second kappa shape index (κ2) is 11.1. The number of aromatic nitrogens is 2. The number of hydrogen-bond donors (Lipinski definition) is 0. The van der Waals surface area contributed by atoms with Gasteiger partial charge in [0.1, 0.15) is 22.9 Å². The maximum absolute atomic E-state index is 14.0. The van der Waals surface area contributed by atoms with E-state index in [2.05, 4.69) is 24.0 Å². The quantitative estimate of drug-likeness (QED) is 0.332. The average Bonchev–Trinajstić information content (AvgIpc) is 3.41. The maximum atomic E-state index is 14.0. The Morgan fingerprint density at radius 3 is 2.21 bits per heavy atom. The Morgan fingerprint density at radius 1 is 0.769 bits per heavy atom. The van der Waals surface area contributed by atoms with Crippen molar-refractivity contribution in [3.05, 3.63) is 83.6 Å². The van der Waals surface area contributed by atoms with Crippen LogP contribution >= 0.6 is 0 Å². The van der Waals surface area contributed by atoms with Gasteiger partial charge < -0.3 is 24.0 Å². The Morgan fingerprint density at radius 2 is 1.51 bits per heavy atom. The van der Waals surface area contributed by atoms with E-state index in [-0.39, 0.29) is 5.91 Å². The van der Waals surface area contributed by atoms with Gasteiger partial charge in [0.05, 0.1) is 38.4 Å². The number of amides is 1. The first-order valence-corrected chi connectivity index (χ1v) is 13.0. The number of nitrogens with zero attached hydrogens (tertiary/aromatic N) is 4. The standard InChI is InChI=1S/C31H34N4O4/c1-21-10-13-26(22(2)18-21)35-28(20-25(32-35)24-12-11-23(37-3)19-30(24)39-5)31(36)34-16-14-33(15-17-34)27-8-6-7-9-29(27)38-4/h6-13,18-20H,14-17H2,1-5H3. The fourth-order valence-corrected chi connectivity index (χ4v) is 5.11. The molecule has 0 atom stereocenters. The Labute approximate surface area is 229 Å². The molecule has 1 aliphatic heterocycles. The highest BCUT2D eigenvalue weighted by molar-refractivity contribution is 5.95. The molecular formula is C31H34N4O4. The summed E-state index contributed by atoms with van der Waals surface area (Å²) in [5.74, 6) is 2.10. The van der Waals surface area contributed by atoms with E-state index in [1.165, 1.54) is 0 Å². The first kappa shape index (κ1) is 26.2. The number of rotatable bonds is 7. The van der Waals surface area contributed by atoms with Gasteiger partial charge in [0.15, 0.2) is 0 Å². The molecule has 0 bridgehead atoms. The second-order valence-corrected chi connectivity index (χ2v) is 9.63. The molecule has 0 radical (unpaired) electrons. The van der Waals surface area contributed by atoms with Crippen LogP contribution in [0, 0.1) is 13.8 Å². The van der Waals surface area contributed by atoms with Crippen molar-refractivity contribution in [2.45, 2.75) is 13.8 Å². The summed E-state index contributed by atoms with van der Waals surface area (Å²) in [5.41, 5.74) is 6.07. The number of piperazine rings is 1. The number of methoxy groups -OCH3 is 3. The number of benzene rings is 3. The predicted octanol–water partition coefficient (Wildman–Crippen LogP) is 5.14. The molecule has 39 heavy (non-hydrogen) atoms. The molecule has 1 aromatic heterocycles. The van der Waals surface area contributed by atoms with Gasteiger partial charge in [-0.05, 0) is 55.8 Å². The Kier molecular flexibility index (Phi) is 7.45. The summed E-state index contributed by atoms with van der Waals surface area (Å²) >= 11 is 0. The van der Waals surface area contributed by atoms with Gasteiger partial charge in [0.2, 0.25) is 0 Å². The van der Waals surface area contributed by atoms with Crippen LogP contribution in [0.2, 0.25) is 0 Å². The number of para-hydroxylation sites is 2. The number of carbonyl (C=O) groups excluding carboxylic acids is 1. The zero-order chi connectivity index (χ0) is 27.5. The van der Waals surface area contributed by atoms with Crippen LogP contribution in [-0.2, 0) is 0 Å². The largest absolute Gasteiger partial charge is 0.497 e. The minimum absolute atomic E-state index is 0.0547. The van der Waals surface area contributed by atoms with Crippen molar-refractivity contribution in [2.75, 3.05) is 52.4 Å². The van der Waals surface area contributed by atoms with E-state index in [9.17, 15) is 4.79 Å². The maximum Gasteiger partial charge on any atom is 0.272 e. The lowest BCUT2D eigenvalue weighted by Crippen LogP contribution is -2.49. The molecule has 2 heterocycles. The Hall–Kier alpha value is -4.46. The van der Waals surface area contributed by atoms with E-state index in [0.29, 0.717) is 49.1 Å². The molecule has 0 N–H and O–H groups in total. The number of aryl methyl sites for hydroxylation is 2. The topological polar surface area (TPSA) is 69.1 Å². The Bertz CT molecular complexity index is 1490. The summed E-state index contributed by atoms with van der Waals surface area (Å²) in [6.45, 7) is 6.71. The van der Waals surface area contributed by atoms with Crippen LogP contribution in [0.5, 0.6) is 17.2 Å². The van der Waals surface area contributed by atoms with Gasteiger partial charge in [-0.25, -0.2) is 4.68 Å². The molecule has 1 saturated heterocycles. The monoisotopic (exact) mass is 526 g/mol. The van der Waals surface area contributed by atoms with Crippen molar-refractivity contribution in [3.8, 4) is 34.2 Å². The first-order chi connectivity index (χ1) is 18.9. The molecular weight excluding hydrogens is 492 g/mol. The van der Waals surface area contributed by atoms with Crippen molar-refractivity contribution in [2.24, 2.45) is 0 Å². The van der Waals surface area contributed by atoms with Gasteiger partial charge in [0, 0.05) is 37.8 Å². The smallest absolute Gasteiger partial charge is 0.272 e. The molecule has 0 aliphatic carbocycles. The molecule has 1 fully saturated rings. The highest BCUT2D eigenvalue weighted by atomic mass is 16.5. The van der Waals surface area contributed by atoms with Crippen LogP contribution in [0.25, 0.3) is 16.9 Å². The van der Waals surface area contributed by atoms with E-state index < -0.39 is 0 Å². The van der Waals surface area contributed by atoms with Gasteiger partial charge in [-0.2, -0.15) is 5.10 Å². The van der Waals surface area contributed by atoms with E-state index in [0.717, 1.165) is 33.8 Å². The van der Waals surface area contributed by atoms with Crippen molar-refractivity contribution < 1.29 is 19.0 Å². The summed E-state index contributed by atoms with van der Waals surface area (Å²) in [6, 6.07) is 21.6. The molecule has 202 valence electrons. The lowest BCUT2D eigenvalue weighted by molar-refractivity contribution is 0.0737. The molecule has 0 saturated carbocycles. The van der Waals surface area contributed by atoms with Crippen molar-refractivity contribution in [1.82, 2.24) is 14.7 Å². The molecule has 0 spiro atoms. The van der Waals surface area contributed by atoms with E-state index in [1.807, 2.05) is 66.4 Å². The SMILES string of the molecule is COc1ccc(-c2cc(C(=O)N3CCN(c4ccccc4OC)CC3)n(-c3ccc(C)cc3C)n2)c(OC)c1. The summed E-state index contributed by atoms with van der Waals surface area (Å²) in [6.07, 6.45) is 0. The second-order valence-electron chi connectivity index (χ2n) is 9.63. The minimum Gasteiger partial charge on any atom is -0.497 e. The van der Waals surface area contributed by atoms with Crippen LogP contribution < -0.4 is 19.1 Å². The normalized spacial score (nSPS) is 13.4. The molecule has 5 rings (SSSR count). The van der Waals surface area contributed by atoms with Gasteiger partial charge in [0.25, 0.3) is 5.91 Å². The lowest BCUT2D eigenvalue weighted by Gasteiger charge is -2.36. The zero-order valence-electron chi connectivity index (χ0n) is 23.1. The van der Waals surface area contributed by atoms with Crippen LogP contribution in [0.3, 0.4) is 0 Å².